The Morgan fingerprint density at radius 2 is 0.643 bits per heavy atom. The second-order valence-corrected chi connectivity index (χ2v) is 11.9. The van der Waals surface area contributed by atoms with Crippen molar-refractivity contribution in [1.82, 2.24) is 10.6 Å². The Kier molecular flexibility index (Phi) is 7.87. The van der Waals surface area contributed by atoms with Crippen molar-refractivity contribution in [3.63, 3.8) is 0 Å². The summed E-state index contributed by atoms with van der Waals surface area (Å²) in [5.74, 6) is -3.59. The lowest BCUT2D eigenvalue weighted by Crippen LogP contribution is -2.23. The van der Waals surface area contributed by atoms with Crippen LogP contribution in [0.3, 0.4) is 0 Å². The van der Waals surface area contributed by atoms with E-state index >= 15 is 0 Å². The molecule has 0 fully saturated rings. The van der Waals surface area contributed by atoms with Crippen molar-refractivity contribution in [1.29, 1.82) is 0 Å². The molecular formula is C26H12Cl8N4O4. The molecule has 0 bridgehead atoms. The molecule has 216 valence electrons. The molecule has 0 spiro atoms. The van der Waals surface area contributed by atoms with Gasteiger partial charge in [0, 0.05) is 57.2 Å². The van der Waals surface area contributed by atoms with E-state index in [0.717, 1.165) is 0 Å². The fraction of sp³-hybridized carbons (Fsp3) is 0.0769. The van der Waals surface area contributed by atoms with Crippen molar-refractivity contribution in [3.8, 4) is 0 Å². The van der Waals surface area contributed by atoms with Crippen LogP contribution in [-0.2, 0) is 0 Å². The van der Waals surface area contributed by atoms with Gasteiger partial charge < -0.3 is 22.1 Å². The highest BCUT2D eigenvalue weighted by atomic mass is 35.5. The topological polar surface area (TPSA) is 144 Å². The first-order valence-corrected chi connectivity index (χ1v) is 14.4. The van der Waals surface area contributed by atoms with E-state index in [1.165, 1.54) is 14.1 Å². The average Bonchev–Trinajstić information content (AvgIpc) is 2.93. The van der Waals surface area contributed by atoms with Crippen molar-refractivity contribution in [2.45, 2.75) is 0 Å². The van der Waals surface area contributed by atoms with Gasteiger partial charge in [0.2, 0.25) is 0 Å². The summed E-state index contributed by atoms with van der Waals surface area (Å²) in [5, 5.41) is 2.67. The molecule has 0 aliphatic heterocycles. The zero-order valence-corrected chi connectivity index (χ0v) is 26.9. The van der Waals surface area contributed by atoms with Crippen molar-refractivity contribution in [2.24, 2.45) is 11.5 Å². The van der Waals surface area contributed by atoms with Crippen molar-refractivity contribution < 1.29 is 19.2 Å². The number of halogens is 8. The maximum atomic E-state index is 13.2. The Labute approximate surface area is 275 Å². The van der Waals surface area contributed by atoms with Crippen LogP contribution >= 0.6 is 92.8 Å². The van der Waals surface area contributed by atoms with Crippen LogP contribution in [-0.4, -0.2) is 37.7 Å². The quantitative estimate of drug-likeness (QED) is 0.110. The number of fused-ring (bicyclic) bond motifs is 2. The normalized spacial score (nSPS) is 11.7. The van der Waals surface area contributed by atoms with Crippen molar-refractivity contribution in [2.75, 3.05) is 14.1 Å². The van der Waals surface area contributed by atoms with E-state index in [1.807, 2.05) is 0 Å². The third-order valence-corrected chi connectivity index (χ3v) is 10.3. The Hall–Kier alpha value is -2.40. The summed E-state index contributed by atoms with van der Waals surface area (Å²) >= 11 is 54.0. The highest BCUT2D eigenvalue weighted by Crippen LogP contribution is 2.57. The number of benzene rings is 5. The molecule has 0 radical (unpaired) electrons. The highest BCUT2D eigenvalue weighted by Gasteiger charge is 2.36. The molecule has 0 saturated heterocycles. The third-order valence-electron chi connectivity index (χ3n) is 6.93. The number of rotatable bonds is 4. The van der Waals surface area contributed by atoms with Crippen LogP contribution < -0.4 is 22.1 Å². The number of nitrogens with two attached hydrogens (primary N) is 2. The summed E-state index contributed by atoms with van der Waals surface area (Å²) in [7, 11) is 2.69. The molecule has 6 N–H and O–H groups in total. The van der Waals surface area contributed by atoms with E-state index in [-0.39, 0.29) is 106 Å². The Morgan fingerprint density at radius 1 is 0.405 bits per heavy atom. The van der Waals surface area contributed by atoms with Gasteiger partial charge >= 0.3 is 0 Å². The molecule has 5 aromatic rings. The molecule has 4 amide bonds. The summed E-state index contributed by atoms with van der Waals surface area (Å²) in [6.07, 6.45) is 0. The zero-order chi connectivity index (χ0) is 31.3. The van der Waals surface area contributed by atoms with Crippen molar-refractivity contribution in [3.05, 3.63) is 62.4 Å². The molecule has 16 heteroatoms. The van der Waals surface area contributed by atoms with Gasteiger partial charge in [0.25, 0.3) is 23.6 Å². The zero-order valence-electron chi connectivity index (χ0n) is 20.8. The Bertz CT molecular complexity index is 2010. The lowest BCUT2D eigenvalue weighted by Gasteiger charge is -2.25. The van der Waals surface area contributed by atoms with E-state index < -0.39 is 23.6 Å². The number of amides is 4. The maximum absolute atomic E-state index is 13.2. The summed E-state index contributed by atoms with van der Waals surface area (Å²) in [6.45, 7) is 0. The van der Waals surface area contributed by atoms with Crippen LogP contribution in [0.1, 0.15) is 41.4 Å². The molecule has 0 aromatic heterocycles. The van der Waals surface area contributed by atoms with Gasteiger partial charge in [-0.15, -0.1) is 0 Å². The number of hydrogen-bond donors (Lipinski definition) is 4. The summed E-state index contributed by atoms with van der Waals surface area (Å²) in [6, 6.07) is 0. The number of hydrogen-bond acceptors (Lipinski definition) is 4. The molecule has 0 aliphatic carbocycles. The largest absolute Gasteiger partial charge is 0.366 e. The molecule has 0 heterocycles. The molecule has 0 saturated carbocycles. The van der Waals surface area contributed by atoms with E-state index in [0.29, 0.717) is 0 Å². The Morgan fingerprint density at radius 3 is 0.881 bits per heavy atom. The van der Waals surface area contributed by atoms with E-state index in [4.69, 9.17) is 104 Å². The first-order valence-electron chi connectivity index (χ1n) is 11.4. The van der Waals surface area contributed by atoms with Gasteiger partial charge in [-0.05, 0) is 0 Å². The molecule has 5 rings (SSSR count). The van der Waals surface area contributed by atoms with Gasteiger partial charge in [-0.3, -0.25) is 19.2 Å². The van der Waals surface area contributed by atoms with Crippen LogP contribution in [0.15, 0.2) is 0 Å². The van der Waals surface area contributed by atoms with Gasteiger partial charge in [0.1, 0.15) is 0 Å². The standard InChI is InChI=1S/C26H12Cl8N4O4/c1-37-25(41)13-6-4-9(17(29)21(13)33)7-3-5(11(23(35)39)19(31)15(7)27)12(24(36)40)20(32)16(28)8(3)10(4)18(30)22(34)14(6)26(42)38-2/h1-2H3,(H2,35,39)(H2,36,40)(H,37,41)(H,38,42). The van der Waals surface area contributed by atoms with E-state index in [9.17, 15) is 19.2 Å². The van der Waals surface area contributed by atoms with Crippen molar-refractivity contribution >= 4 is 160 Å². The van der Waals surface area contributed by atoms with Gasteiger partial charge in [0.05, 0.1) is 62.4 Å². The third kappa shape index (κ3) is 3.90. The first-order chi connectivity index (χ1) is 19.6. The highest BCUT2D eigenvalue weighted by molar-refractivity contribution is 6.62. The predicted molar refractivity (Wildman–Crippen MR) is 172 cm³/mol. The first kappa shape index (κ1) is 31.0. The lowest BCUT2D eigenvalue weighted by molar-refractivity contribution is 0.0961. The molecule has 5 aromatic carbocycles. The monoisotopic (exact) mass is 724 g/mol. The average molecular weight is 728 g/mol. The fourth-order valence-corrected chi connectivity index (χ4v) is 7.58. The van der Waals surface area contributed by atoms with Crippen LogP contribution in [0.2, 0.25) is 40.2 Å². The minimum Gasteiger partial charge on any atom is -0.366 e. The second-order valence-electron chi connectivity index (χ2n) is 8.90. The molecule has 0 unspecified atom stereocenters. The summed E-state index contributed by atoms with van der Waals surface area (Å²) < 4.78 is 0. The number of primary amides is 2. The summed E-state index contributed by atoms with van der Waals surface area (Å²) in [5.41, 5.74) is 10.2. The van der Waals surface area contributed by atoms with Crippen LogP contribution in [0.4, 0.5) is 0 Å². The molecular weight excluding hydrogens is 716 g/mol. The van der Waals surface area contributed by atoms with Crippen LogP contribution in [0.25, 0.3) is 43.1 Å². The van der Waals surface area contributed by atoms with Crippen LogP contribution in [0.5, 0.6) is 0 Å². The maximum Gasteiger partial charge on any atom is 0.253 e. The number of carbonyl (C=O) groups excluding carboxylic acids is 4. The SMILES string of the molecule is CNC(=O)c1c(Cl)c(Cl)c2c3c(Cl)c(Cl)c(C(N)=O)c4c(C(N)=O)c(Cl)c(Cl)c(c5c(Cl)c(Cl)c(C(=O)NC)c1c25)c43. The fourth-order valence-electron chi connectivity index (χ4n) is 5.33. The minimum atomic E-state index is -1.07. The smallest absolute Gasteiger partial charge is 0.253 e. The van der Waals surface area contributed by atoms with E-state index in [1.54, 1.807) is 0 Å². The van der Waals surface area contributed by atoms with E-state index in [2.05, 4.69) is 10.6 Å². The van der Waals surface area contributed by atoms with Gasteiger partial charge in [-0.2, -0.15) is 0 Å². The lowest BCUT2D eigenvalue weighted by atomic mass is 9.83. The second kappa shape index (κ2) is 10.6. The molecule has 0 atom stereocenters. The van der Waals surface area contributed by atoms with Gasteiger partial charge in [0.15, 0.2) is 0 Å². The summed E-state index contributed by atoms with van der Waals surface area (Å²) in [4.78, 5) is 52.0. The Balaban J connectivity index is 2.43. The molecule has 42 heavy (non-hydrogen) atoms. The number of nitrogens with one attached hydrogen (secondary N) is 2. The van der Waals surface area contributed by atoms with Gasteiger partial charge in [-0.25, -0.2) is 0 Å². The molecule has 0 aliphatic rings. The molecule has 8 nitrogen and oxygen atoms in total. The minimum absolute atomic E-state index is 0.0199. The van der Waals surface area contributed by atoms with Gasteiger partial charge in [-0.1, -0.05) is 92.8 Å². The van der Waals surface area contributed by atoms with Crippen LogP contribution in [0, 0.1) is 0 Å². The number of carbonyl (C=O) groups is 4. The predicted octanol–water partition coefficient (Wildman–Crippen LogP) is 7.88.